The lowest BCUT2D eigenvalue weighted by Crippen LogP contribution is -2.21. The van der Waals surface area contributed by atoms with Crippen LogP contribution in [0, 0.1) is 0 Å². The predicted molar refractivity (Wildman–Crippen MR) is 141 cm³/mol. The first kappa shape index (κ1) is 23.2. The Bertz CT molecular complexity index is 1190. The molecule has 0 bridgehead atoms. The molecule has 0 radical (unpaired) electrons. The highest BCUT2D eigenvalue weighted by Crippen LogP contribution is 2.46. The van der Waals surface area contributed by atoms with Crippen molar-refractivity contribution in [2.45, 2.75) is 105 Å². The maximum absolute atomic E-state index is 6.46. The van der Waals surface area contributed by atoms with Crippen LogP contribution in [0.3, 0.4) is 0 Å². The number of aromatic nitrogens is 2. The van der Waals surface area contributed by atoms with E-state index in [4.69, 9.17) is 4.42 Å². The Hall–Kier alpha value is -1.94. The van der Waals surface area contributed by atoms with Gasteiger partial charge in [-0.15, -0.1) is 11.3 Å². The van der Waals surface area contributed by atoms with Crippen molar-refractivity contribution in [1.29, 1.82) is 0 Å². The van der Waals surface area contributed by atoms with Gasteiger partial charge in [-0.2, -0.15) is 0 Å². The molecule has 4 aromatic heterocycles. The zero-order valence-electron chi connectivity index (χ0n) is 22.0. The summed E-state index contributed by atoms with van der Waals surface area (Å²) in [5.41, 5.74) is 8.67. The van der Waals surface area contributed by atoms with Gasteiger partial charge in [0.2, 0.25) is 0 Å². The quantitative estimate of drug-likeness (QED) is 0.297. The Morgan fingerprint density at radius 3 is 1.78 bits per heavy atom. The molecule has 0 saturated heterocycles. The smallest absolute Gasteiger partial charge is 0.152 e. The highest BCUT2D eigenvalue weighted by atomic mass is 32.1. The van der Waals surface area contributed by atoms with E-state index in [0.29, 0.717) is 0 Å². The van der Waals surface area contributed by atoms with Crippen LogP contribution in [-0.4, -0.2) is 9.97 Å². The van der Waals surface area contributed by atoms with Crippen LogP contribution in [0.1, 0.15) is 106 Å². The fourth-order valence-electron chi connectivity index (χ4n) is 4.74. The molecule has 0 aliphatic carbocycles. The maximum atomic E-state index is 6.46. The number of H-pyrrole nitrogens is 2. The van der Waals surface area contributed by atoms with Gasteiger partial charge in [-0.05, 0) is 22.5 Å². The van der Waals surface area contributed by atoms with Gasteiger partial charge in [-0.1, -0.05) is 83.1 Å². The molecule has 2 N–H and O–H groups in total. The number of hydrogen-bond acceptors (Lipinski definition) is 2. The molecule has 0 saturated carbocycles. The van der Waals surface area contributed by atoms with Crippen molar-refractivity contribution in [2.24, 2.45) is 0 Å². The standard InChI is InChI=1S/C28H40N2OS/c1-25(2,3)19-21-17(31-24(19)28(10,11)12)13-15(29-21)18-14-16-22(32-18)20(26(4,5)6)23(30-16)27(7,8)9/h13-14,29-30H,1-12H3. The molecular formula is C28H40N2OS. The van der Waals surface area contributed by atoms with Crippen molar-refractivity contribution in [3.05, 3.63) is 34.7 Å². The Morgan fingerprint density at radius 2 is 1.28 bits per heavy atom. The molecule has 4 heteroatoms. The lowest BCUT2D eigenvalue weighted by Gasteiger charge is -2.26. The van der Waals surface area contributed by atoms with Gasteiger partial charge in [0.05, 0.1) is 26.3 Å². The third-order valence-electron chi connectivity index (χ3n) is 6.14. The summed E-state index contributed by atoms with van der Waals surface area (Å²) in [6.07, 6.45) is 0. The van der Waals surface area contributed by atoms with E-state index in [2.05, 4.69) is 105 Å². The van der Waals surface area contributed by atoms with Gasteiger partial charge in [0, 0.05) is 28.2 Å². The van der Waals surface area contributed by atoms with Gasteiger partial charge in [0.15, 0.2) is 5.58 Å². The van der Waals surface area contributed by atoms with Crippen LogP contribution >= 0.6 is 11.3 Å². The van der Waals surface area contributed by atoms with E-state index in [9.17, 15) is 0 Å². The molecule has 4 aromatic rings. The van der Waals surface area contributed by atoms with E-state index in [1.807, 2.05) is 11.3 Å². The summed E-state index contributed by atoms with van der Waals surface area (Å²) in [6.45, 7) is 27.3. The number of fused-ring (bicyclic) bond motifs is 2. The minimum absolute atomic E-state index is 0.00149. The highest BCUT2D eigenvalue weighted by molar-refractivity contribution is 7.22. The molecular weight excluding hydrogens is 412 g/mol. The van der Waals surface area contributed by atoms with Crippen LogP contribution in [0.15, 0.2) is 16.5 Å². The van der Waals surface area contributed by atoms with Gasteiger partial charge in [0.1, 0.15) is 5.76 Å². The molecule has 32 heavy (non-hydrogen) atoms. The number of hydrogen-bond donors (Lipinski definition) is 2. The van der Waals surface area contributed by atoms with Crippen LogP contribution in [0.25, 0.3) is 31.9 Å². The minimum atomic E-state index is -0.0353. The monoisotopic (exact) mass is 452 g/mol. The summed E-state index contributed by atoms with van der Waals surface area (Å²) in [4.78, 5) is 8.75. The van der Waals surface area contributed by atoms with E-state index in [1.54, 1.807) is 0 Å². The van der Waals surface area contributed by atoms with Crippen LogP contribution in [0.4, 0.5) is 0 Å². The van der Waals surface area contributed by atoms with Crippen molar-refractivity contribution < 1.29 is 4.42 Å². The first-order chi connectivity index (χ1) is 14.4. The zero-order valence-corrected chi connectivity index (χ0v) is 22.8. The molecule has 174 valence electrons. The summed E-state index contributed by atoms with van der Waals surface area (Å²) in [5, 5.41) is 0. The Kier molecular flexibility index (Phi) is 4.93. The summed E-state index contributed by atoms with van der Waals surface area (Å²) in [7, 11) is 0. The lowest BCUT2D eigenvalue weighted by atomic mass is 9.79. The second-order valence-corrected chi connectivity index (χ2v) is 14.5. The zero-order chi connectivity index (χ0) is 24.0. The molecule has 0 aromatic carbocycles. The molecule has 0 aliphatic rings. The fourth-order valence-corrected chi connectivity index (χ4v) is 6.09. The number of rotatable bonds is 1. The Labute approximate surface area is 197 Å². The van der Waals surface area contributed by atoms with Crippen molar-refractivity contribution in [3.63, 3.8) is 0 Å². The predicted octanol–water partition coefficient (Wildman–Crippen LogP) is 9.16. The molecule has 4 rings (SSSR count). The topological polar surface area (TPSA) is 44.7 Å². The first-order valence-electron chi connectivity index (χ1n) is 11.7. The molecule has 0 spiro atoms. The van der Waals surface area contributed by atoms with Gasteiger partial charge in [-0.3, -0.25) is 0 Å². The number of thiophene rings is 1. The average molecular weight is 453 g/mol. The van der Waals surface area contributed by atoms with Gasteiger partial charge < -0.3 is 14.4 Å². The van der Waals surface area contributed by atoms with E-state index in [-0.39, 0.29) is 21.7 Å². The highest BCUT2D eigenvalue weighted by Gasteiger charge is 2.34. The van der Waals surface area contributed by atoms with Gasteiger partial charge in [0.25, 0.3) is 0 Å². The number of furan rings is 1. The van der Waals surface area contributed by atoms with Crippen molar-refractivity contribution in [2.75, 3.05) is 0 Å². The van der Waals surface area contributed by atoms with Crippen LogP contribution < -0.4 is 0 Å². The largest absolute Gasteiger partial charge is 0.458 e. The third-order valence-corrected chi connectivity index (χ3v) is 7.32. The summed E-state index contributed by atoms with van der Waals surface area (Å²) >= 11 is 1.88. The summed E-state index contributed by atoms with van der Waals surface area (Å²) < 4.78 is 7.83. The molecule has 0 atom stereocenters. The van der Waals surface area contributed by atoms with Crippen molar-refractivity contribution in [3.8, 4) is 10.6 Å². The van der Waals surface area contributed by atoms with E-state index in [0.717, 1.165) is 22.6 Å². The Balaban J connectivity index is 1.91. The number of nitrogens with one attached hydrogen (secondary N) is 2. The fraction of sp³-hybridized carbons (Fsp3) is 0.571. The first-order valence-corrected chi connectivity index (χ1v) is 12.5. The minimum Gasteiger partial charge on any atom is -0.458 e. The molecule has 0 aliphatic heterocycles. The molecule has 3 nitrogen and oxygen atoms in total. The third kappa shape index (κ3) is 3.75. The second-order valence-electron chi connectivity index (χ2n) is 13.5. The number of aromatic amines is 2. The molecule has 0 amide bonds. The van der Waals surface area contributed by atoms with Crippen LogP contribution in [0.5, 0.6) is 0 Å². The Morgan fingerprint density at radius 1 is 0.688 bits per heavy atom. The molecule has 0 unspecified atom stereocenters. The van der Waals surface area contributed by atoms with Crippen LogP contribution in [-0.2, 0) is 21.7 Å². The van der Waals surface area contributed by atoms with Crippen molar-refractivity contribution in [1.82, 2.24) is 9.97 Å². The van der Waals surface area contributed by atoms with Gasteiger partial charge >= 0.3 is 0 Å². The van der Waals surface area contributed by atoms with E-state index < -0.39 is 0 Å². The van der Waals surface area contributed by atoms with Crippen molar-refractivity contribution >= 4 is 32.7 Å². The van der Waals surface area contributed by atoms with Gasteiger partial charge in [-0.25, -0.2) is 0 Å². The lowest BCUT2D eigenvalue weighted by molar-refractivity contribution is 0.409. The normalized spacial score (nSPS) is 14.2. The molecule has 0 fully saturated rings. The van der Waals surface area contributed by atoms with E-state index >= 15 is 0 Å². The molecule has 4 heterocycles. The van der Waals surface area contributed by atoms with E-state index in [1.165, 1.54) is 31.9 Å². The summed E-state index contributed by atoms with van der Waals surface area (Å²) in [5.74, 6) is 1.08. The second kappa shape index (κ2) is 6.79. The van der Waals surface area contributed by atoms with Crippen LogP contribution in [0.2, 0.25) is 0 Å². The SMILES string of the molecule is CC(C)(C)c1[nH]c2cc(-c3cc4oc(C(C)(C)C)c(C(C)(C)C)c4[nH]3)sc2c1C(C)(C)C. The average Bonchev–Trinajstić information content (AvgIpc) is 3.26. The summed E-state index contributed by atoms with van der Waals surface area (Å²) in [6, 6.07) is 4.49. The maximum Gasteiger partial charge on any atom is 0.152 e.